The van der Waals surface area contributed by atoms with Gasteiger partial charge in [-0.05, 0) is 55.5 Å². The number of carbonyl (C=O) groups is 1. The Labute approximate surface area is 187 Å². The second-order valence-electron chi connectivity index (χ2n) is 8.72. The summed E-state index contributed by atoms with van der Waals surface area (Å²) < 4.78 is 15.9. The van der Waals surface area contributed by atoms with E-state index in [-0.39, 0.29) is 10.9 Å². The number of carbonyl (C=O) groups excluding carboxylic acids is 1. The van der Waals surface area contributed by atoms with Crippen LogP contribution in [0.3, 0.4) is 0 Å². The van der Waals surface area contributed by atoms with Crippen LogP contribution in [0.4, 0.5) is 4.39 Å². The zero-order chi connectivity index (χ0) is 22.0. The number of rotatable bonds is 7. The van der Waals surface area contributed by atoms with Gasteiger partial charge in [0, 0.05) is 24.3 Å². The molecule has 4 rings (SSSR count). The summed E-state index contributed by atoms with van der Waals surface area (Å²) >= 11 is 5.94. The first-order chi connectivity index (χ1) is 14.9. The van der Waals surface area contributed by atoms with Crippen molar-refractivity contribution in [1.82, 2.24) is 19.4 Å². The van der Waals surface area contributed by atoms with Gasteiger partial charge in [0.25, 0.3) is 5.91 Å². The molecule has 0 radical (unpaired) electrons. The third-order valence-corrected chi connectivity index (χ3v) is 6.26. The monoisotopic (exact) mass is 442 g/mol. The maximum absolute atomic E-state index is 13.6. The van der Waals surface area contributed by atoms with Crippen molar-refractivity contribution in [2.45, 2.75) is 58.5 Å². The normalized spacial score (nSPS) is 14.6. The lowest BCUT2D eigenvalue weighted by atomic mass is 10.1. The molecular weight excluding hydrogens is 415 g/mol. The summed E-state index contributed by atoms with van der Waals surface area (Å²) in [6.45, 7) is 5.24. The van der Waals surface area contributed by atoms with Gasteiger partial charge in [0.1, 0.15) is 17.2 Å². The maximum Gasteiger partial charge on any atom is 0.254 e. The van der Waals surface area contributed by atoms with Gasteiger partial charge in [-0.15, -0.1) is 0 Å². The van der Waals surface area contributed by atoms with Crippen LogP contribution in [-0.2, 0) is 6.54 Å². The van der Waals surface area contributed by atoms with Crippen molar-refractivity contribution in [3.63, 3.8) is 0 Å². The molecule has 3 aromatic rings. The van der Waals surface area contributed by atoms with Gasteiger partial charge < -0.3 is 9.47 Å². The molecule has 2 aromatic heterocycles. The van der Waals surface area contributed by atoms with Gasteiger partial charge in [0.2, 0.25) is 0 Å². The van der Waals surface area contributed by atoms with Crippen LogP contribution in [0.1, 0.15) is 68.2 Å². The van der Waals surface area contributed by atoms with E-state index in [2.05, 4.69) is 23.4 Å². The van der Waals surface area contributed by atoms with E-state index in [1.54, 1.807) is 11.1 Å². The molecule has 0 unspecified atom stereocenters. The molecule has 1 aliphatic rings. The van der Waals surface area contributed by atoms with Gasteiger partial charge in [-0.25, -0.2) is 14.4 Å². The minimum Gasteiger partial charge on any atom is -0.331 e. The lowest BCUT2D eigenvalue weighted by molar-refractivity contribution is 0.0728. The lowest BCUT2D eigenvalue weighted by Gasteiger charge is -2.25. The average molecular weight is 443 g/mol. The summed E-state index contributed by atoms with van der Waals surface area (Å²) in [7, 11) is 0. The highest BCUT2D eigenvalue weighted by Crippen LogP contribution is 2.33. The number of hydrogen-bond acceptors (Lipinski definition) is 3. The summed E-state index contributed by atoms with van der Waals surface area (Å²) in [5.41, 5.74) is 2.12. The first kappa shape index (κ1) is 21.8. The van der Waals surface area contributed by atoms with E-state index in [0.29, 0.717) is 30.6 Å². The molecule has 7 heteroatoms. The van der Waals surface area contributed by atoms with Crippen LogP contribution < -0.4 is 0 Å². The Bertz CT molecular complexity index is 1070. The third kappa shape index (κ3) is 4.74. The Morgan fingerprint density at radius 3 is 2.77 bits per heavy atom. The lowest BCUT2D eigenvalue weighted by Crippen LogP contribution is -2.33. The van der Waals surface area contributed by atoms with E-state index in [1.165, 1.54) is 31.0 Å². The van der Waals surface area contributed by atoms with E-state index in [0.717, 1.165) is 36.3 Å². The van der Waals surface area contributed by atoms with Gasteiger partial charge in [0.15, 0.2) is 5.65 Å². The number of fused-ring (bicyclic) bond motifs is 1. The van der Waals surface area contributed by atoms with Crippen LogP contribution in [0, 0.1) is 11.7 Å². The van der Waals surface area contributed by atoms with E-state index in [9.17, 15) is 9.18 Å². The van der Waals surface area contributed by atoms with Crippen molar-refractivity contribution in [2.24, 2.45) is 5.92 Å². The van der Waals surface area contributed by atoms with Crippen LogP contribution in [0.15, 0.2) is 36.5 Å². The summed E-state index contributed by atoms with van der Waals surface area (Å²) in [6, 6.07) is 8.36. The fourth-order valence-corrected chi connectivity index (χ4v) is 4.46. The fourth-order valence-electron chi connectivity index (χ4n) is 4.28. The molecule has 0 N–H and O–H groups in total. The Hall–Kier alpha value is -2.47. The predicted octanol–water partition coefficient (Wildman–Crippen LogP) is 6.03. The van der Waals surface area contributed by atoms with Gasteiger partial charge in [-0.2, -0.15) is 0 Å². The van der Waals surface area contributed by atoms with E-state index >= 15 is 0 Å². The van der Waals surface area contributed by atoms with Crippen molar-refractivity contribution >= 4 is 28.7 Å². The zero-order valence-electron chi connectivity index (χ0n) is 18.0. The highest BCUT2D eigenvalue weighted by atomic mass is 35.5. The number of aromatic nitrogens is 3. The molecule has 0 bridgehead atoms. The van der Waals surface area contributed by atoms with Crippen molar-refractivity contribution in [2.75, 3.05) is 6.54 Å². The smallest absolute Gasteiger partial charge is 0.254 e. The van der Waals surface area contributed by atoms with Crippen LogP contribution in [0.5, 0.6) is 0 Å². The Morgan fingerprint density at radius 1 is 1.29 bits per heavy atom. The Morgan fingerprint density at radius 2 is 2.06 bits per heavy atom. The van der Waals surface area contributed by atoms with Gasteiger partial charge in [0.05, 0.1) is 11.6 Å². The van der Waals surface area contributed by atoms with Crippen molar-refractivity contribution < 1.29 is 9.18 Å². The second kappa shape index (κ2) is 9.35. The van der Waals surface area contributed by atoms with Crippen LogP contribution in [0.25, 0.3) is 11.2 Å². The molecule has 164 valence electrons. The minimum atomic E-state index is -0.527. The van der Waals surface area contributed by atoms with Crippen LogP contribution in [0.2, 0.25) is 5.02 Å². The summed E-state index contributed by atoms with van der Waals surface area (Å²) in [5, 5.41) is -0.0444. The van der Waals surface area contributed by atoms with Crippen molar-refractivity contribution in [1.29, 1.82) is 0 Å². The zero-order valence-corrected chi connectivity index (χ0v) is 18.8. The molecule has 1 aliphatic carbocycles. The largest absolute Gasteiger partial charge is 0.331 e. The number of nitrogens with zero attached hydrogens (tertiary/aromatic N) is 4. The molecular formula is C24H28ClFN4O. The molecule has 0 aliphatic heterocycles. The van der Waals surface area contributed by atoms with Gasteiger partial charge in [-0.1, -0.05) is 38.3 Å². The summed E-state index contributed by atoms with van der Waals surface area (Å²) in [4.78, 5) is 24.6. The first-order valence-electron chi connectivity index (χ1n) is 11.0. The van der Waals surface area contributed by atoms with E-state index in [1.807, 2.05) is 12.1 Å². The standard InChI is InChI=1S/C24H28ClFN4O/c1-16(2)11-13-29(24(31)17-9-10-20(26)19(25)14-17)15-22-28-21-8-5-12-27-23(21)30(22)18-6-3-4-7-18/h5,8-10,12,14,16,18H,3-4,6-7,11,13,15H2,1-2H3. The molecule has 0 spiro atoms. The van der Waals surface area contributed by atoms with Gasteiger partial charge in [-0.3, -0.25) is 4.79 Å². The number of halogens is 2. The quantitative estimate of drug-likeness (QED) is 0.449. The predicted molar refractivity (Wildman–Crippen MR) is 121 cm³/mol. The molecule has 5 nitrogen and oxygen atoms in total. The number of pyridine rings is 1. The fraction of sp³-hybridized carbons (Fsp3) is 0.458. The summed E-state index contributed by atoms with van der Waals surface area (Å²) in [5.74, 6) is 0.606. The highest BCUT2D eigenvalue weighted by Gasteiger charge is 2.26. The minimum absolute atomic E-state index is 0.0444. The number of imidazole rings is 1. The number of benzene rings is 1. The Balaban J connectivity index is 1.69. The van der Waals surface area contributed by atoms with E-state index < -0.39 is 5.82 Å². The van der Waals surface area contributed by atoms with E-state index in [4.69, 9.17) is 16.6 Å². The highest BCUT2D eigenvalue weighted by molar-refractivity contribution is 6.31. The topological polar surface area (TPSA) is 51.0 Å². The molecule has 1 saturated carbocycles. The summed E-state index contributed by atoms with van der Waals surface area (Å²) in [6.07, 6.45) is 7.25. The molecule has 1 fully saturated rings. The third-order valence-electron chi connectivity index (χ3n) is 5.97. The molecule has 1 amide bonds. The average Bonchev–Trinajstić information content (AvgIpc) is 3.39. The SMILES string of the molecule is CC(C)CCN(Cc1nc2cccnc2n1C1CCCC1)C(=O)c1ccc(F)c(Cl)c1. The first-order valence-corrected chi connectivity index (χ1v) is 11.4. The molecule has 1 aromatic carbocycles. The van der Waals surface area contributed by atoms with Crippen LogP contribution >= 0.6 is 11.6 Å². The van der Waals surface area contributed by atoms with Crippen molar-refractivity contribution in [3.05, 3.63) is 58.8 Å². The number of amides is 1. The Kier molecular flexibility index (Phi) is 6.56. The second-order valence-corrected chi connectivity index (χ2v) is 9.13. The maximum atomic E-state index is 13.6. The molecule has 2 heterocycles. The molecule has 0 atom stereocenters. The molecule has 0 saturated heterocycles. The number of hydrogen-bond donors (Lipinski definition) is 0. The van der Waals surface area contributed by atoms with Gasteiger partial charge >= 0.3 is 0 Å². The van der Waals surface area contributed by atoms with Crippen LogP contribution in [-0.4, -0.2) is 31.9 Å². The van der Waals surface area contributed by atoms with Crippen molar-refractivity contribution in [3.8, 4) is 0 Å². The molecule has 31 heavy (non-hydrogen) atoms.